The maximum Gasteiger partial charge on any atom is 0.251 e. The molecule has 28 heavy (non-hydrogen) atoms. The molecule has 0 saturated carbocycles. The van der Waals surface area contributed by atoms with Gasteiger partial charge in [0.05, 0.1) is 4.90 Å². The van der Waals surface area contributed by atoms with E-state index in [1.54, 1.807) is 36.4 Å². The lowest BCUT2D eigenvalue weighted by atomic mass is 10.1. The van der Waals surface area contributed by atoms with E-state index in [9.17, 15) is 13.2 Å². The lowest BCUT2D eigenvalue weighted by Gasteiger charge is -2.18. The molecule has 0 bridgehead atoms. The van der Waals surface area contributed by atoms with Gasteiger partial charge in [0.25, 0.3) is 5.91 Å². The smallest absolute Gasteiger partial charge is 0.251 e. The minimum Gasteiger partial charge on any atom is -0.351 e. The average molecular weight is 404 g/mol. The van der Waals surface area contributed by atoms with E-state index in [0.29, 0.717) is 5.56 Å². The fourth-order valence-corrected chi connectivity index (χ4v) is 3.76. The molecule has 0 unspecified atom stereocenters. The number of sulfonamides is 1. The number of carbonyl (C=O) groups excluding carboxylic acids is 1. The fraction of sp³-hybridized carbons (Fsp3) is 0.381. The number of nitrogens with zero attached hydrogens (tertiary/aromatic N) is 1. The predicted molar refractivity (Wildman–Crippen MR) is 112 cm³/mol. The van der Waals surface area contributed by atoms with Gasteiger partial charge >= 0.3 is 0 Å². The maximum atomic E-state index is 12.2. The Morgan fingerprint density at radius 1 is 0.929 bits per heavy atom. The van der Waals surface area contributed by atoms with Crippen molar-refractivity contribution in [1.29, 1.82) is 0 Å². The second-order valence-electron chi connectivity index (χ2n) is 6.63. The summed E-state index contributed by atoms with van der Waals surface area (Å²) in [5, 5.41) is 2.74. The third-order valence-electron chi connectivity index (χ3n) is 4.55. The van der Waals surface area contributed by atoms with E-state index >= 15 is 0 Å². The molecule has 0 aliphatic rings. The van der Waals surface area contributed by atoms with Gasteiger partial charge in [-0.15, -0.1) is 0 Å². The summed E-state index contributed by atoms with van der Waals surface area (Å²) in [4.78, 5) is 14.7. The highest BCUT2D eigenvalue weighted by Crippen LogP contribution is 2.10. The highest BCUT2D eigenvalue weighted by atomic mass is 32.2. The lowest BCUT2D eigenvalue weighted by molar-refractivity contribution is 0.0954. The number of rotatable bonds is 10. The molecule has 0 atom stereocenters. The molecule has 2 rings (SSSR count). The molecule has 2 N–H and O–H groups in total. The molecule has 7 heteroatoms. The molecular weight excluding hydrogens is 374 g/mol. The van der Waals surface area contributed by atoms with Gasteiger partial charge in [-0.1, -0.05) is 43.7 Å². The first kappa shape index (κ1) is 22.1. The van der Waals surface area contributed by atoms with E-state index in [1.165, 1.54) is 0 Å². The monoisotopic (exact) mass is 403 g/mol. The molecule has 152 valence electrons. The number of hydrogen-bond acceptors (Lipinski definition) is 4. The van der Waals surface area contributed by atoms with Gasteiger partial charge in [0.1, 0.15) is 0 Å². The third kappa shape index (κ3) is 6.44. The predicted octanol–water partition coefficient (Wildman–Crippen LogP) is 2.55. The molecule has 0 radical (unpaired) electrons. The van der Waals surface area contributed by atoms with Gasteiger partial charge < -0.3 is 5.32 Å². The van der Waals surface area contributed by atoms with Gasteiger partial charge in [0.15, 0.2) is 0 Å². The van der Waals surface area contributed by atoms with Crippen LogP contribution in [0, 0.1) is 6.92 Å². The zero-order chi connectivity index (χ0) is 20.6. The third-order valence-corrected chi connectivity index (χ3v) is 6.03. The Morgan fingerprint density at radius 2 is 1.54 bits per heavy atom. The Hall–Kier alpha value is -2.22. The van der Waals surface area contributed by atoms with Crippen molar-refractivity contribution >= 4 is 15.9 Å². The minimum absolute atomic E-state index is 0.127. The molecule has 0 fully saturated rings. The van der Waals surface area contributed by atoms with Gasteiger partial charge in [-0.3, -0.25) is 9.69 Å². The van der Waals surface area contributed by atoms with Crippen LogP contribution < -0.4 is 10.0 Å². The molecule has 6 nitrogen and oxygen atoms in total. The van der Waals surface area contributed by atoms with Crippen LogP contribution in [0.25, 0.3) is 0 Å². The van der Waals surface area contributed by atoms with E-state index in [2.05, 4.69) is 28.8 Å². The van der Waals surface area contributed by atoms with Crippen molar-refractivity contribution in [3.63, 3.8) is 0 Å². The molecule has 0 spiro atoms. The number of nitrogens with one attached hydrogen (secondary N) is 2. The molecule has 0 aromatic heterocycles. The van der Waals surface area contributed by atoms with Crippen molar-refractivity contribution in [2.24, 2.45) is 0 Å². The number of hydrogen-bond donors (Lipinski definition) is 2. The van der Waals surface area contributed by atoms with Gasteiger partial charge in [-0.2, -0.15) is 0 Å². The van der Waals surface area contributed by atoms with E-state index in [4.69, 9.17) is 0 Å². The van der Waals surface area contributed by atoms with Crippen molar-refractivity contribution < 1.29 is 13.2 Å². The normalized spacial score (nSPS) is 11.6. The summed E-state index contributed by atoms with van der Waals surface area (Å²) < 4.78 is 26.9. The Bertz CT molecular complexity index is 859. The molecule has 2 aromatic carbocycles. The van der Waals surface area contributed by atoms with Gasteiger partial charge in [-0.25, -0.2) is 13.1 Å². The van der Waals surface area contributed by atoms with Crippen molar-refractivity contribution in [1.82, 2.24) is 14.9 Å². The van der Waals surface area contributed by atoms with Crippen LogP contribution in [0.2, 0.25) is 0 Å². The minimum atomic E-state index is -3.57. The van der Waals surface area contributed by atoms with Crippen molar-refractivity contribution in [2.75, 3.05) is 26.2 Å². The van der Waals surface area contributed by atoms with Crippen LogP contribution in [0.5, 0.6) is 0 Å². The first-order valence-electron chi connectivity index (χ1n) is 9.51. The summed E-state index contributed by atoms with van der Waals surface area (Å²) in [6.07, 6.45) is 0. The van der Waals surface area contributed by atoms with E-state index in [1.807, 2.05) is 19.1 Å². The number of amides is 1. The standard InChI is InChI=1S/C21H29N3O3S/c1-4-24(5-2)16-18-8-10-19(11-9-18)21(25)22-14-15-23-28(26,27)20-12-6-17(3)7-13-20/h6-13,23H,4-5,14-16H2,1-3H3,(H,22,25). The molecule has 0 saturated heterocycles. The van der Waals surface area contributed by atoms with Crippen LogP contribution in [-0.4, -0.2) is 45.4 Å². The number of benzene rings is 2. The Morgan fingerprint density at radius 3 is 2.11 bits per heavy atom. The van der Waals surface area contributed by atoms with Crippen LogP contribution in [0.4, 0.5) is 0 Å². The topological polar surface area (TPSA) is 78.5 Å². The van der Waals surface area contributed by atoms with Crippen molar-refractivity contribution in [3.8, 4) is 0 Å². The van der Waals surface area contributed by atoms with Crippen molar-refractivity contribution in [2.45, 2.75) is 32.2 Å². The summed E-state index contributed by atoms with van der Waals surface area (Å²) >= 11 is 0. The zero-order valence-electron chi connectivity index (χ0n) is 16.7. The summed E-state index contributed by atoms with van der Waals surface area (Å²) in [6.45, 7) is 9.31. The van der Waals surface area contributed by atoms with Crippen LogP contribution in [-0.2, 0) is 16.6 Å². The highest BCUT2D eigenvalue weighted by Gasteiger charge is 2.13. The Balaban J connectivity index is 1.81. The maximum absolute atomic E-state index is 12.2. The summed E-state index contributed by atoms with van der Waals surface area (Å²) in [6, 6.07) is 14.1. The lowest BCUT2D eigenvalue weighted by Crippen LogP contribution is -2.34. The van der Waals surface area contributed by atoms with Gasteiger partial charge in [0, 0.05) is 25.2 Å². The van der Waals surface area contributed by atoms with Crippen LogP contribution >= 0.6 is 0 Å². The van der Waals surface area contributed by atoms with E-state index < -0.39 is 10.0 Å². The molecular formula is C21H29N3O3S. The highest BCUT2D eigenvalue weighted by molar-refractivity contribution is 7.89. The largest absolute Gasteiger partial charge is 0.351 e. The van der Waals surface area contributed by atoms with Gasteiger partial charge in [-0.05, 0) is 49.8 Å². The van der Waals surface area contributed by atoms with Crippen LogP contribution in [0.15, 0.2) is 53.4 Å². The quantitative estimate of drug-likeness (QED) is 0.598. The number of aryl methyl sites for hydroxylation is 1. The van der Waals surface area contributed by atoms with E-state index in [0.717, 1.165) is 30.8 Å². The first-order chi connectivity index (χ1) is 13.4. The molecule has 0 aliphatic heterocycles. The van der Waals surface area contributed by atoms with Gasteiger partial charge in [0.2, 0.25) is 10.0 Å². The second-order valence-corrected chi connectivity index (χ2v) is 8.39. The average Bonchev–Trinajstić information content (AvgIpc) is 2.70. The molecule has 0 aliphatic carbocycles. The van der Waals surface area contributed by atoms with Crippen LogP contribution in [0.3, 0.4) is 0 Å². The SMILES string of the molecule is CCN(CC)Cc1ccc(C(=O)NCCNS(=O)(=O)c2ccc(C)cc2)cc1. The summed E-state index contributed by atoms with van der Waals surface area (Å²) in [5.41, 5.74) is 2.71. The van der Waals surface area contributed by atoms with Crippen molar-refractivity contribution in [3.05, 3.63) is 65.2 Å². The fourth-order valence-electron chi connectivity index (χ4n) is 2.73. The van der Waals surface area contributed by atoms with E-state index in [-0.39, 0.29) is 23.9 Å². The Kier molecular flexibility index (Phi) is 8.17. The summed E-state index contributed by atoms with van der Waals surface area (Å²) in [7, 11) is -3.57. The molecule has 0 heterocycles. The second kappa shape index (κ2) is 10.4. The molecule has 2 aromatic rings. The molecule has 1 amide bonds. The Labute approximate surface area is 168 Å². The zero-order valence-corrected chi connectivity index (χ0v) is 17.6. The summed E-state index contributed by atoms with van der Waals surface area (Å²) in [5.74, 6) is -0.219. The number of carbonyl (C=O) groups is 1. The van der Waals surface area contributed by atoms with Crippen LogP contribution in [0.1, 0.15) is 35.3 Å². The first-order valence-corrected chi connectivity index (χ1v) is 11.0.